The quantitative estimate of drug-likeness (QED) is 0.111. The van der Waals surface area contributed by atoms with Crippen LogP contribution in [0.4, 0.5) is 0 Å². The Balaban J connectivity index is 3.10. The molecular formula is C26H50O10. The molecule has 10 heteroatoms. The highest BCUT2D eigenvalue weighted by molar-refractivity contribution is 5.69. The Labute approximate surface area is 217 Å². The van der Waals surface area contributed by atoms with Gasteiger partial charge in [0.25, 0.3) is 0 Å². The fourth-order valence-electron chi connectivity index (χ4n) is 3.02. The maximum Gasteiger partial charge on any atom is 0.305 e. The number of carboxylic acids is 1. The smallest absolute Gasteiger partial charge is 0.305 e. The second-order valence-corrected chi connectivity index (χ2v) is 8.26. The molecule has 0 aliphatic rings. The number of aliphatic carboxylic acids is 1. The van der Waals surface area contributed by atoms with Gasteiger partial charge in [0.1, 0.15) is 6.61 Å². The Kier molecular flexibility index (Phi) is 28.8. The van der Waals surface area contributed by atoms with Crippen LogP contribution >= 0.6 is 0 Å². The zero-order valence-corrected chi connectivity index (χ0v) is 22.4. The van der Waals surface area contributed by atoms with Crippen molar-refractivity contribution in [2.75, 3.05) is 85.9 Å². The number of hydrogen-bond acceptors (Lipinski definition) is 9. The maximum absolute atomic E-state index is 11.4. The van der Waals surface area contributed by atoms with Crippen molar-refractivity contribution in [2.45, 2.75) is 71.1 Å². The highest BCUT2D eigenvalue weighted by Gasteiger charge is 2.04. The Bertz CT molecular complexity index is 476. The largest absolute Gasteiger partial charge is 0.481 e. The molecule has 0 aliphatic heterocycles. The molecule has 1 N–H and O–H groups in total. The van der Waals surface area contributed by atoms with Crippen LogP contribution < -0.4 is 0 Å². The highest BCUT2D eigenvalue weighted by Crippen LogP contribution is 2.04. The highest BCUT2D eigenvalue weighted by atomic mass is 16.6. The first-order valence-electron chi connectivity index (χ1n) is 13.5. The summed E-state index contributed by atoms with van der Waals surface area (Å²) in [5, 5.41) is 8.52. The Hall–Kier alpha value is -1.30. The lowest BCUT2D eigenvalue weighted by molar-refractivity contribution is -0.146. The number of ether oxygens (including phenoxy) is 7. The molecule has 10 nitrogen and oxygen atoms in total. The van der Waals surface area contributed by atoms with Crippen LogP contribution in [-0.4, -0.2) is 103 Å². The van der Waals surface area contributed by atoms with Gasteiger partial charge >= 0.3 is 11.9 Å². The minimum Gasteiger partial charge on any atom is -0.481 e. The second-order valence-electron chi connectivity index (χ2n) is 8.26. The molecule has 0 saturated heterocycles. The fourth-order valence-corrected chi connectivity index (χ4v) is 3.02. The molecule has 214 valence electrons. The molecule has 0 aromatic rings. The first kappa shape index (κ1) is 34.7. The molecule has 0 aromatic carbocycles. The van der Waals surface area contributed by atoms with E-state index in [4.69, 9.17) is 38.3 Å². The summed E-state index contributed by atoms with van der Waals surface area (Å²) in [6.45, 7) is 8.65. The van der Waals surface area contributed by atoms with Crippen molar-refractivity contribution >= 4 is 11.9 Å². The lowest BCUT2D eigenvalue weighted by Crippen LogP contribution is -2.15. The molecule has 0 aromatic heterocycles. The van der Waals surface area contributed by atoms with Gasteiger partial charge in [0.05, 0.1) is 72.7 Å². The van der Waals surface area contributed by atoms with Crippen molar-refractivity contribution in [1.29, 1.82) is 0 Å². The van der Waals surface area contributed by atoms with E-state index < -0.39 is 5.97 Å². The summed E-state index contributed by atoms with van der Waals surface area (Å²) in [5.74, 6) is -1.19. The van der Waals surface area contributed by atoms with E-state index in [1.807, 2.05) is 0 Å². The Morgan fingerprint density at radius 3 is 1.33 bits per heavy atom. The van der Waals surface area contributed by atoms with E-state index in [-0.39, 0.29) is 25.4 Å². The summed E-state index contributed by atoms with van der Waals surface area (Å²) < 4.78 is 37.6. The van der Waals surface area contributed by atoms with Crippen LogP contribution in [0, 0.1) is 0 Å². The molecule has 0 spiro atoms. The lowest BCUT2D eigenvalue weighted by Gasteiger charge is -2.08. The van der Waals surface area contributed by atoms with Crippen LogP contribution in [-0.2, 0) is 42.7 Å². The van der Waals surface area contributed by atoms with Crippen LogP contribution in [0.15, 0.2) is 0 Å². The number of hydrogen-bond donors (Lipinski definition) is 1. The van der Waals surface area contributed by atoms with Crippen LogP contribution in [0.1, 0.15) is 71.1 Å². The number of esters is 1. The summed E-state index contributed by atoms with van der Waals surface area (Å²) in [5.41, 5.74) is 0. The van der Waals surface area contributed by atoms with Crippen molar-refractivity contribution < 1.29 is 47.9 Å². The van der Waals surface area contributed by atoms with Crippen molar-refractivity contribution in [1.82, 2.24) is 0 Å². The van der Waals surface area contributed by atoms with Crippen molar-refractivity contribution in [3.63, 3.8) is 0 Å². The first-order chi connectivity index (χ1) is 17.7. The third kappa shape index (κ3) is 30.7. The number of carboxylic acid groups (broad SMARTS) is 1. The molecule has 0 saturated carbocycles. The monoisotopic (exact) mass is 522 g/mol. The van der Waals surface area contributed by atoms with Gasteiger partial charge in [0, 0.05) is 19.4 Å². The summed E-state index contributed by atoms with van der Waals surface area (Å²) >= 11 is 0. The molecule has 0 rings (SSSR count). The summed E-state index contributed by atoms with van der Waals surface area (Å²) in [4.78, 5) is 21.8. The average Bonchev–Trinajstić information content (AvgIpc) is 2.86. The molecule has 0 atom stereocenters. The minimum absolute atomic E-state index is 0.0701. The van der Waals surface area contributed by atoms with E-state index in [1.165, 1.54) is 32.1 Å². The average molecular weight is 523 g/mol. The molecule has 36 heavy (non-hydrogen) atoms. The Morgan fingerprint density at radius 2 is 0.861 bits per heavy atom. The van der Waals surface area contributed by atoms with E-state index >= 15 is 0 Å². The summed E-state index contributed by atoms with van der Waals surface area (Å²) in [6, 6.07) is 0. The van der Waals surface area contributed by atoms with E-state index in [0.717, 1.165) is 13.0 Å². The number of carbonyl (C=O) groups is 2. The van der Waals surface area contributed by atoms with Gasteiger partial charge in [0.15, 0.2) is 0 Å². The van der Waals surface area contributed by atoms with Gasteiger partial charge in [-0.1, -0.05) is 39.0 Å². The molecule has 0 amide bonds. The van der Waals surface area contributed by atoms with Gasteiger partial charge in [-0.25, -0.2) is 0 Å². The fraction of sp³-hybridized carbons (Fsp3) is 0.923. The third-order valence-corrected chi connectivity index (χ3v) is 5.01. The summed E-state index contributed by atoms with van der Waals surface area (Å²) in [7, 11) is 0. The van der Waals surface area contributed by atoms with Crippen molar-refractivity contribution in [3.05, 3.63) is 0 Å². The molecule has 0 radical (unpaired) electrons. The van der Waals surface area contributed by atoms with Gasteiger partial charge in [-0.3, -0.25) is 9.59 Å². The lowest BCUT2D eigenvalue weighted by atomic mass is 10.1. The van der Waals surface area contributed by atoms with Crippen LogP contribution in [0.2, 0.25) is 0 Å². The van der Waals surface area contributed by atoms with Crippen molar-refractivity contribution in [2.24, 2.45) is 0 Å². The van der Waals surface area contributed by atoms with Gasteiger partial charge in [-0.05, 0) is 19.3 Å². The SMILES string of the molecule is CCCCCCCCOCCOCCOCCOCCOCCOCCOC(=O)CCCCC(=O)O. The number of rotatable bonds is 30. The minimum atomic E-state index is -0.855. The molecule has 0 unspecified atom stereocenters. The number of carbonyl (C=O) groups excluding carboxylic acids is 1. The van der Waals surface area contributed by atoms with E-state index in [9.17, 15) is 9.59 Å². The van der Waals surface area contributed by atoms with E-state index in [1.54, 1.807) is 0 Å². The first-order valence-corrected chi connectivity index (χ1v) is 13.5. The number of unbranched alkanes of at least 4 members (excludes halogenated alkanes) is 6. The molecular weight excluding hydrogens is 472 g/mol. The molecule has 0 aliphatic carbocycles. The second kappa shape index (κ2) is 29.9. The standard InChI is InChI=1S/C26H50O10/c1-2-3-4-5-6-9-12-30-13-14-31-15-16-32-17-18-33-19-20-34-21-22-35-23-24-36-26(29)11-8-7-10-25(27)28/h2-24H2,1H3,(H,27,28). The molecule has 0 heterocycles. The maximum atomic E-state index is 11.4. The van der Waals surface area contributed by atoms with Crippen molar-refractivity contribution in [3.8, 4) is 0 Å². The summed E-state index contributed by atoms with van der Waals surface area (Å²) in [6.07, 6.45) is 8.91. The predicted molar refractivity (Wildman–Crippen MR) is 135 cm³/mol. The third-order valence-electron chi connectivity index (χ3n) is 5.01. The van der Waals surface area contributed by atoms with Crippen LogP contribution in [0.5, 0.6) is 0 Å². The van der Waals surface area contributed by atoms with E-state index in [0.29, 0.717) is 85.5 Å². The van der Waals surface area contributed by atoms with Gasteiger partial charge in [0.2, 0.25) is 0 Å². The van der Waals surface area contributed by atoms with Crippen LogP contribution in [0.3, 0.4) is 0 Å². The normalized spacial score (nSPS) is 11.1. The predicted octanol–water partition coefficient (Wildman–Crippen LogP) is 3.63. The van der Waals surface area contributed by atoms with Gasteiger partial charge in [-0.15, -0.1) is 0 Å². The Morgan fingerprint density at radius 1 is 0.472 bits per heavy atom. The zero-order chi connectivity index (χ0) is 26.4. The van der Waals surface area contributed by atoms with Gasteiger partial charge in [-0.2, -0.15) is 0 Å². The molecule has 0 fully saturated rings. The zero-order valence-electron chi connectivity index (χ0n) is 22.4. The van der Waals surface area contributed by atoms with Crippen LogP contribution in [0.25, 0.3) is 0 Å². The molecule has 0 bridgehead atoms. The topological polar surface area (TPSA) is 119 Å². The van der Waals surface area contributed by atoms with E-state index in [2.05, 4.69) is 6.92 Å². The van der Waals surface area contributed by atoms with Gasteiger partial charge < -0.3 is 38.3 Å².